The van der Waals surface area contributed by atoms with Crippen LogP contribution < -0.4 is 0 Å². The molecule has 0 aromatic heterocycles. The van der Waals surface area contributed by atoms with Gasteiger partial charge in [-0.2, -0.15) is 8.42 Å². The van der Waals surface area contributed by atoms with Crippen molar-refractivity contribution in [3.05, 3.63) is 29.8 Å². The van der Waals surface area contributed by atoms with Gasteiger partial charge in [-0.3, -0.25) is 4.55 Å². The molecule has 2 rings (SSSR count). The van der Waals surface area contributed by atoms with Crippen LogP contribution in [0.3, 0.4) is 0 Å². The second-order valence-corrected chi connectivity index (χ2v) is 6.32. The quantitative estimate of drug-likeness (QED) is 0.856. The van der Waals surface area contributed by atoms with Gasteiger partial charge in [0.15, 0.2) is 0 Å². The van der Waals surface area contributed by atoms with Crippen LogP contribution in [0.15, 0.2) is 29.2 Å². The zero-order chi connectivity index (χ0) is 13.2. The van der Waals surface area contributed by atoms with Crippen LogP contribution in [0.5, 0.6) is 0 Å². The predicted octanol–water partition coefficient (Wildman–Crippen LogP) is 2.29. The first-order chi connectivity index (χ1) is 8.45. The topological polar surface area (TPSA) is 63.6 Å². The normalized spacial score (nSPS) is 25.0. The molecule has 0 saturated carbocycles. The summed E-state index contributed by atoms with van der Waals surface area (Å²) in [6.07, 6.45) is 3.32. The van der Waals surface area contributed by atoms with Crippen molar-refractivity contribution >= 4 is 10.1 Å². The maximum absolute atomic E-state index is 10.9. The van der Waals surface area contributed by atoms with Crippen molar-refractivity contribution in [2.45, 2.75) is 37.2 Å². The summed E-state index contributed by atoms with van der Waals surface area (Å²) in [5.41, 5.74) is 1.10. The predicted molar refractivity (Wildman–Crippen MR) is 68.1 cm³/mol. The number of rotatable bonds is 3. The molecule has 5 heteroatoms. The first-order valence-corrected chi connectivity index (χ1v) is 7.57. The van der Waals surface area contributed by atoms with Crippen molar-refractivity contribution in [3.8, 4) is 0 Å². The fraction of sp³-hybridized carbons (Fsp3) is 0.538. The van der Waals surface area contributed by atoms with Gasteiger partial charge in [-0.1, -0.05) is 12.1 Å². The lowest BCUT2D eigenvalue weighted by molar-refractivity contribution is 0.00284. The van der Waals surface area contributed by atoms with Gasteiger partial charge in [-0.05, 0) is 49.8 Å². The fourth-order valence-electron chi connectivity index (χ4n) is 2.41. The molecule has 1 aliphatic heterocycles. The maximum Gasteiger partial charge on any atom is 0.294 e. The van der Waals surface area contributed by atoms with Crippen molar-refractivity contribution in [2.75, 3.05) is 6.61 Å². The van der Waals surface area contributed by atoms with Crippen molar-refractivity contribution in [1.29, 1.82) is 0 Å². The molecule has 1 aromatic carbocycles. The average Bonchev–Trinajstić information content (AvgIpc) is 2.28. The van der Waals surface area contributed by atoms with E-state index in [-0.39, 0.29) is 4.90 Å². The third kappa shape index (κ3) is 3.54. The summed E-state index contributed by atoms with van der Waals surface area (Å²) in [4.78, 5) is -0.0494. The zero-order valence-corrected chi connectivity index (χ0v) is 11.2. The molecule has 0 spiro atoms. The van der Waals surface area contributed by atoms with Gasteiger partial charge in [0.2, 0.25) is 0 Å². The fourth-order valence-corrected chi connectivity index (χ4v) is 2.89. The van der Waals surface area contributed by atoms with E-state index in [1.165, 1.54) is 12.1 Å². The van der Waals surface area contributed by atoms with Gasteiger partial charge in [0.1, 0.15) is 0 Å². The molecular weight excluding hydrogens is 252 g/mol. The van der Waals surface area contributed by atoms with Crippen LogP contribution in [0, 0.1) is 5.92 Å². The van der Waals surface area contributed by atoms with Gasteiger partial charge in [-0.15, -0.1) is 0 Å². The number of hydrogen-bond acceptors (Lipinski definition) is 3. The summed E-state index contributed by atoms with van der Waals surface area (Å²) >= 11 is 0. The minimum absolute atomic E-state index is 0.0494. The van der Waals surface area contributed by atoms with E-state index >= 15 is 0 Å². The first-order valence-electron chi connectivity index (χ1n) is 6.13. The van der Waals surface area contributed by atoms with E-state index in [1.54, 1.807) is 12.1 Å². The first kappa shape index (κ1) is 13.5. The maximum atomic E-state index is 10.9. The molecule has 0 amide bonds. The SMILES string of the molecule is CC1CC(Cc2ccc(S(=O)(=O)O)cc2)CCO1. The second kappa shape index (κ2) is 5.38. The average molecular weight is 270 g/mol. The summed E-state index contributed by atoms with van der Waals surface area (Å²) in [6, 6.07) is 6.44. The van der Waals surface area contributed by atoms with Gasteiger partial charge in [0.05, 0.1) is 11.0 Å². The van der Waals surface area contributed by atoms with E-state index in [4.69, 9.17) is 9.29 Å². The molecule has 1 fully saturated rings. The van der Waals surface area contributed by atoms with E-state index in [0.717, 1.165) is 31.4 Å². The summed E-state index contributed by atoms with van der Waals surface area (Å²) < 4.78 is 36.2. The van der Waals surface area contributed by atoms with E-state index < -0.39 is 10.1 Å². The van der Waals surface area contributed by atoms with E-state index in [2.05, 4.69) is 6.92 Å². The lowest BCUT2D eigenvalue weighted by Gasteiger charge is -2.27. The highest BCUT2D eigenvalue weighted by Gasteiger charge is 2.19. The molecule has 18 heavy (non-hydrogen) atoms. The highest BCUT2D eigenvalue weighted by molar-refractivity contribution is 7.85. The van der Waals surface area contributed by atoms with Crippen molar-refractivity contribution in [2.24, 2.45) is 5.92 Å². The Hall–Kier alpha value is -0.910. The van der Waals surface area contributed by atoms with Crippen LogP contribution in [0.1, 0.15) is 25.3 Å². The minimum Gasteiger partial charge on any atom is -0.378 e. The third-order valence-corrected chi connectivity index (χ3v) is 4.21. The summed E-state index contributed by atoms with van der Waals surface area (Å²) in [5, 5.41) is 0. The van der Waals surface area contributed by atoms with Crippen LogP contribution in [0.2, 0.25) is 0 Å². The molecule has 2 atom stereocenters. The molecule has 2 unspecified atom stereocenters. The summed E-state index contributed by atoms with van der Waals surface area (Å²) in [7, 11) is -4.08. The Morgan fingerprint density at radius 2 is 2.00 bits per heavy atom. The van der Waals surface area contributed by atoms with Crippen LogP contribution in [0.4, 0.5) is 0 Å². The summed E-state index contributed by atoms with van der Waals surface area (Å²) in [5.74, 6) is 0.588. The molecular formula is C13H18O4S. The van der Waals surface area contributed by atoms with Crippen molar-refractivity contribution in [1.82, 2.24) is 0 Å². The van der Waals surface area contributed by atoms with Crippen LogP contribution in [-0.4, -0.2) is 25.7 Å². The molecule has 4 nitrogen and oxygen atoms in total. The van der Waals surface area contributed by atoms with E-state index in [1.807, 2.05) is 0 Å². The number of benzene rings is 1. The number of ether oxygens (including phenoxy) is 1. The summed E-state index contributed by atoms with van der Waals surface area (Å²) in [6.45, 7) is 2.88. The molecule has 1 saturated heterocycles. The van der Waals surface area contributed by atoms with Gasteiger partial charge in [0, 0.05) is 6.61 Å². The van der Waals surface area contributed by atoms with Crippen LogP contribution >= 0.6 is 0 Å². The van der Waals surface area contributed by atoms with Gasteiger partial charge in [0.25, 0.3) is 10.1 Å². The molecule has 1 N–H and O–H groups in total. The molecule has 0 aliphatic carbocycles. The van der Waals surface area contributed by atoms with E-state index in [0.29, 0.717) is 12.0 Å². The van der Waals surface area contributed by atoms with E-state index in [9.17, 15) is 8.42 Å². The number of hydrogen-bond donors (Lipinski definition) is 1. The van der Waals surface area contributed by atoms with Gasteiger partial charge in [-0.25, -0.2) is 0 Å². The lowest BCUT2D eigenvalue weighted by atomic mass is 9.90. The monoisotopic (exact) mass is 270 g/mol. The molecule has 100 valence electrons. The van der Waals surface area contributed by atoms with Crippen LogP contribution in [0.25, 0.3) is 0 Å². The largest absolute Gasteiger partial charge is 0.378 e. The molecule has 1 aliphatic rings. The second-order valence-electron chi connectivity index (χ2n) is 4.89. The Morgan fingerprint density at radius 3 is 2.56 bits per heavy atom. The smallest absolute Gasteiger partial charge is 0.294 e. The Bertz CT molecular complexity index is 492. The molecule has 1 aromatic rings. The highest BCUT2D eigenvalue weighted by atomic mass is 32.2. The standard InChI is InChI=1S/C13H18O4S/c1-10-8-12(6-7-17-10)9-11-2-4-13(5-3-11)18(14,15)16/h2-5,10,12H,6-9H2,1H3,(H,14,15,16). The minimum atomic E-state index is -4.08. The highest BCUT2D eigenvalue weighted by Crippen LogP contribution is 2.24. The molecule has 0 radical (unpaired) electrons. The Balaban J connectivity index is 2.02. The van der Waals surface area contributed by atoms with Gasteiger partial charge < -0.3 is 4.74 Å². The lowest BCUT2D eigenvalue weighted by Crippen LogP contribution is -2.24. The Kier molecular flexibility index (Phi) is 4.04. The third-order valence-electron chi connectivity index (χ3n) is 3.34. The van der Waals surface area contributed by atoms with Crippen LogP contribution in [-0.2, 0) is 21.3 Å². The van der Waals surface area contributed by atoms with Gasteiger partial charge >= 0.3 is 0 Å². The Morgan fingerprint density at radius 1 is 1.33 bits per heavy atom. The zero-order valence-electron chi connectivity index (χ0n) is 10.4. The molecule has 0 bridgehead atoms. The Labute approximate surface area is 108 Å². The van der Waals surface area contributed by atoms with Crippen molar-refractivity contribution < 1.29 is 17.7 Å². The van der Waals surface area contributed by atoms with Crippen molar-refractivity contribution in [3.63, 3.8) is 0 Å². The molecule has 1 heterocycles.